The Hall–Kier alpha value is -5.78. The van der Waals surface area contributed by atoms with Gasteiger partial charge in [-0.15, -0.1) is 11.8 Å². The number of carbonyl (C=O) groups is 9. The van der Waals surface area contributed by atoms with Crippen LogP contribution >= 0.6 is 11.8 Å². The van der Waals surface area contributed by atoms with Crippen LogP contribution in [-0.2, 0) is 49.7 Å². The van der Waals surface area contributed by atoms with E-state index in [0.717, 1.165) is 16.7 Å². The molecule has 12 N–H and O–H groups in total. The van der Waals surface area contributed by atoms with E-state index in [1.165, 1.54) is 6.92 Å². The number of aromatic nitrogens is 1. The monoisotopic (exact) mass is 886 g/mol. The minimum atomic E-state index is -1.72. The van der Waals surface area contributed by atoms with Crippen LogP contribution in [0.5, 0.6) is 0 Å². The Labute approximate surface area is 360 Å². The average molecular weight is 887 g/mol. The van der Waals surface area contributed by atoms with Gasteiger partial charge in [-0.2, -0.15) is 0 Å². The first kappa shape index (κ1) is 47.3. The number of nitrogens with zero attached hydrogens (tertiary/aromatic N) is 2. The number of thioether (sulfide) groups is 1. The van der Waals surface area contributed by atoms with E-state index >= 15 is 0 Å². The number of aliphatic hydroxyl groups excluding tert-OH is 3. The molecule has 5 rings (SSSR count). The fourth-order valence-corrected chi connectivity index (χ4v) is 8.67. The predicted octanol–water partition coefficient (Wildman–Crippen LogP) is -4.71. The zero-order valence-electron chi connectivity index (χ0n) is 34.4. The molecular weight excluding hydrogens is 833 g/mol. The second kappa shape index (κ2) is 20.9. The fourth-order valence-electron chi connectivity index (χ4n) is 7.47. The number of aliphatic hydroxyl groups is 3. The van der Waals surface area contributed by atoms with Crippen LogP contribution in [0.25, 0.3) is 10.8 Å². The molecule has 0 saturated carbocycles. The summed E-state index contributed by atoms with van der Waals surface area (Å²) in [6.07, 6.45) is -1.89. The lowest BCUT2D eigenvalue weighted by atomic mass is 9.94. The Bertz CT molecular complexity index is 2070. The van der Waals surface area contributed by atoms with Gasteiger partial charge in [-0.05, 0) is 5.92 Å². The Morgan fingerprint density at radius 1 is 0.839 bits per heavy atom. The molecule has 22 nitrogen and oxygen atoms in total. The summed E-state index contributed by atoms with van der Waals surface area (Å²) >= 11 is 1.05. The molecule has 1 aromatic heterocycles. The summed E-state index contributed by atoms with van der Waals surface area (Å²) in [5.41, 5.74) is 5.51. The standard InChI is InChI=1S/C39H54N10O12S/c1-4-18(2)31-36(59)42-11-29(54)43-25-17-62-39-22-8-6-5-7-20(22)13-48(39)15-24(33(56)41-12-30(55)46-31)45-37(60)32(19(3)27(52)16-50)47-35(58)26-9-21(51)14-49(26)38(61)23(10-28(40)53)44-34(25)57/h5-8,13,18-19,21,23-27,31-32,50-52H,4,9-12,14-17H2,1-3H3,(H2,40,53)(H,41,56)(H,42,59)(H,43,54)(H,44,57)(H,45,60)(H,46,55)(H,47,58)/t18-,19-,21+,23-,24-,25?,26-,27-,31-,32-/m0/s1. The summed E-state index contributed by atoms with van der Waals surface area (Å²) < 4.78 is 1.61. The molecule has 0 aliphatic carbocycles. The molecule has 9 amide bonds. The first-order valence-corrected chi connectivity index (χ1v) is 21.2. The van der Waals surface area contributed by atoms with Crippen LogP contribution in [0.2, 0.25) is 0 Å². The SMILES string of the molecule is CC[C@H](C)[C@@H]1NC(=O)CNC(=O)[C@@H]2Cn3cc4ccccc4c3SCC(NC(=O)CNC1=O)C(=O)N[C@@H](CC(N)=O)C(=O)N1C[C@H](O)C[C@H]1C(=O)N[C@@H]([C@@H](C)[C@@H](O)CO)C(=O)N2. The summed E-state index contributed by atoms with van der Waals surface area (Å²) in [6.45, 7) is 1.92. The van der Waals surface area contributed by atoms with E-state index in [1.807, 2.05) is 0 Å². The maximum Gasteiger partial charge on any atom is 0.246 e. The van der Waals surface area contributed by atoms with Gasteiger partial charge < -0.3 is 67.7 Å². The smallest absolute Gasteiger partial charge is 0.246 e. The maximum absolute atomic E-state index is 14.4. The van der Waals surface area contributed by atoms with Crippen molar-refractivity contribution in [2.75, 3.05) is 32.0 Å². The molecule has 62 heavy (non-hydrogen) atoms. The lowest BCUT2D eigenvalue weighted by Gasteiger charge is -2.33. The normalized spacial score (nSPS) is 27.8. The van der Waals surface area contributed by atoms with E-state index in [-0.39, 0.29) is 18.7 Å². The molecule has 10 atom stereocenters. The molecule has 2 bridgehead atoms. The van der Waals surface area contributed by atoms with E-state index in [4.69, 9.17) is 5.73 Å². The van der Waals surface area contributed by atoms with Crippen molar-refractivity contribution in [1.29, 1.82) is 0 Å². The Morgan fingerprint density at radius 3 is 2.19 bits per heavy atom. The number of fused-ring (bicyclic) bond motifs is 5. The predicted molar refractivity (Wildman–Crippen MR) is 220 cm³/mol. The van der Waals surface area contributed by atoms with Crippen LogP contribution in [0.15, 0.2) is 35.5 Å². The zero-order valence-corrected chi connectivity index (χ0v) is 35.2. The molecule has 2 aromatic rings. The second-order valence-corrected chi connectivity index (χ2v) is 16.8. The molecule has 3 aliphatic rings. The molecule has 1 saturated heterocycles. The quantitative estimate of drug-likeness (QED) is 0.125. The van der Waals surface area contributed by atoms with Crippen molar-refractivity contribution in [3.8, 4) is 0 Å². The lowest BCUT2D eigenvalue weighted by molar-refractivity contribution is -0.144. The van der Waals surface area contributed by atoms with Crippen molar-refractivity contribution in [3.05, 3.63) is 30.5 Å². The fraction of sp³-hybridized carbons (Fsp3) is 0.564. The number of hydrogen-bond acceptors (Lipinski definition) is 13. The molecule has 3 aliphatic heterocycles. The van der Waals surface area contributed by atoms with Crippen LogP contribution in [0, 0.1) is 11.8 Å². The van der Waals surface area contributed by atoms with Crippen molar-refractivity contribution in [1.82, 2.24) is 46.7 Å². The largest absolute Gasteiger partial charge is 0.394 e. The molecule has 0 radical (unpaired) electrons. The minimum absolute atomic E-state index is 0.238. The van der Waals surface area contributed by atoms with Crippen LogP contribution in [0.3, 0.4) is 0 Å². The van der Waals surface area contributed by atoms with Gasteiger partial charge in [0.25, 0.3) is 0 Å². The van der Waals surface area contributed by atoms with Gasteiger partial charge in [-0.3, -0.25) is 43.2 Å². The zero-order chi connectivity index (χ0) is 45.4. The highest BCUT2D eigenvalue weighted by atomic mass is 32.2. The number of hydrogen-bond donors (Lipinski definition) is 11. The second-order valence-electron chi connectivity index (χ2n) is 15.8. The molecule has 4 heterocycles. The summed E-state index contributed by atoms with van der Waals surface area (Å²) in [5.74, 6) is -10.1. The van der Waals surface area contributed by atoms with E-state index in [0.29, 0.717) is 22.2 Å². The van der Waals surface area contributed by atoms with Crippen molar-refractivity contribution in [2.45, 2.75) is 100 Å². The van der Waals surface area contributed by atoms with Crippen molar-refractivity contribution in [2.24, 2.45) is 17.6 Å². The third-order valence-electron chi connectivity index (χ3n) is 11.2. The number of benzene rings is 1. The molecule has 23 heteroatoms. The first-order valence-electron chi connectivity index (χ1n) is 20.2. The summed E-state index contributed by atoms with van der Waals surface area (Å²) in [6, 6.07) is -2.02. The molecule has 1 aromatic carbocycles. The van der Waals surface area contributed by atoms with Gasteiger partial charge in [-0.25, -0.2) is 0 Å². The Kier molecular flexibility index (Phi) is 15.9. The third-order valence-corrected chi connectivity index (χ3v) is 12.5. The highest BCUT2D eigenvalue weighted by Crippen LogP contribution is 2.31. The van der Waals surface area contributed by atoms with Gasteiger partial charge in [0.1, 0.15) is 36.3 Å². The van der Waals surface area contributed by atoms with Gasteiger partial charge in [0, 0.05) is 41.6 Å². The molecule has 1 unspecified atom stereocenters. The molecule has 338 valence electrons. The van der Waals surface area contributed by atoms with Gasteiger partial charge in [0.05, 0.1) is 49.9 Å². The highest BCUT2D eigenvalue weighted by molar-refractivity contribution is 7.99. The molecular formula is C39H54N10O12S. The Balaban J connectivity index is 1.69. The summed E-state index contributed by atoms with van der Waals surface area (Å²) in [4.78, 5) is 124. The van der Waals surface area contributed by atoms with E-state index in [1.54, 1.807) is 48.9 Å². The number of rotatable bonds is 7. The number of primary amides is 1. The Morgan fingerprint density at radius 2 is 1.52 bits per heavy atom. The number of nitrogens with two attached hydrogens (primary N) is 1. The summed E-state index contributed by atoms with van der Waals surface area (Å²) in [5, 5.41) is 50.7. The van der Waals surface area contributed by atoms with Crippen LogP contribution in [-0.4, -0.2) is 158 Å². The highest BCUT2D eigenvalue weighted by Gasteiger charge is 2.44. The number of nitrogens with one attached hydrogen (secondary N) is 7. The first-order chi connectivity index (χ1) is 29.4. The van der Waals surface area contributed by atoms with Gasteiger partial charge in [0.15, 0.2) is 0 Å². The van der Waals surface area contributed by atoms with Gasteiger partial charge in [-0.1, -0.05) is 51.5 Å². The van der Waals surface area contributed by atoms with E-state index in [9.17, 15) is 58.5 Å². The topological polar surface area (TPSA) is 333 Å². The van der Waals surface area contributed by atoms with Crippen LogP contribution < -0.4 is 43.0 Å². The van der Waals surface area contributed by atoms with Crippen LogP contribution in [0.4, 0.5) is 0 Å². The number of amides is 9. The van der Waals surface area contributed by atoms with E-state index < -0.39 is 146 Å². The molecule has 1 fully saturated rings. The minimum Gasteiger partial charge on any atom is -0.394 e. The van der Waals surface area contributed by atoms with Crippen molar-refractivity contribution in [3.63, 3.8) is 0 Å². The van der Waals surface area contributed by atoms with Gasteiger partial charge >= 0.3 is 0 Å². The van der Waals surface area contributed by atoms with Gasteiger partial charge in [0.2, 0.25) is 53.2 Å². The van der Waals surface area contributed by atoms with Crippen molar-refractivity contribution < 1.29 is 58.5 Å². The maximum atomic E-state index is 14.4. The van der Waals surface area contributed by atoms with Crippen LogP contribution in [0.1, 0.15) is 40.0 Å². The molecule has 0 spiro atoms. The van der Waals surface area contributed by atoms with Crippen molar-refractivity contribution >= 4 is 75.7 Å². The average Bonchev–Trinajstić information content (AvgIpc) is 3.81. The third kappa shape index (κ3) is 11.4. The summed E-state index contributed by atoms with van der Waals surface area (Å²) in [7, 11) is 0. The number of carbonyl (C=O) groups excluding carboxylic acids is 9. The van der Waals surface area contributed by atoms with E-state index in [2.05, 4.69) is 37.2 Å². The lowest BCUT2D eigenvalue weighted by Crippen LogP contribution is -2.62.